The largest absolute Gasteiger partial charge is 0.550 e. The SMILES string of the molecule is CC(C)Oc1ccc([S+](c2ccc(OC(C)C)cc2)c2ccc(OC(C)C)cc2)cc1.O=C([O-])C12CC3CC(CC(C3)C1)C2. The number of aliphatic carboxylic acids is 1. The van der Waals surface area contributed by atoms with E-state index >= 15 is 0 Å². The quantitative estimate of drug-likeness (QED) is 0.215. The van der Waals surface area contributed by atoms with Crippen molar-refractivity contribution in [2.24, 2.45) is 23.2 Å². The fourth-order valence-electron chi connectivity index (χ4n) is 7.55. The van der Waals surface area contributed by atoms with Gasteiger partial charge in [-0.1, -0.05) is 0 Å². The van der Waals surface area contributed by atoms with Gasteiger partial charge in [-0.15, -0.1) is 0 Å². The van der Waals surface area contributed by atoms with E-state index in [1.165, 1.54) is 33.9 Å². The highest BCUT2D eigenvalue weighted by atomic mass is 32.2. The van der Waals surface area contributed by atoms with E-state index in [1.54, 1.807) is 0 Å². The Bertz CT molecular complexity index is 1200. The zero-order valence-electron chi connectivity index (χ0n) is 27.1. The summed E-state index contributed by atoms with van der Waals surface area (Å²) in [6, 6.07) is 25.3. The molecule has 236 valence electrons. The van der Waals surface area contributed by atoms with E-state index in [4.69, 9.17) is 14.2 Å². The number of hydrogen-bond acceptors (Lipinski definition) is 5. The lowest BCUT2D eigenvalue weighted by Crippen LogP contribution is -2.54. The van der Waals surface area contributed by atoms with Crippen LogP contribution < -0.4 is 19.3 Å². The molecule has 3 aromatic carbocycles. The van der Waals surface area contributed by atoms with Crippen molar-refractivity contribution in [2.45, 2.75) is 113 Å². The smallest absolute Gasteiger partial charge is 0.166 e. The average molecular weight is 617 g/mol. The number of ether oxygens (including phenoxy) is 3. The van der Waals surface area contributed by atoms with Gasteiger partial charge in [-0.3, -0.25) is 0 Å². The van der Waals surface area contributed by atoms with Crippen molar-refractivity contribution < 1.29 is 24.1 Å². The van der Waals surface area contributed by atoms with Gasteiger partial charge < -0.3 is 24.1 Å². The van der Waals surface area contributed by atoms with Crippen molar-refractivity contribution in [2.75, 3.05) is 0 Å². The third-order valence-electron chi connectivity index (χ3n) is 8.76. The maximum Gasteiger partial charge on any atom is 0.166 e. The summed E-state index contributed by atoms with van der Waals surface area (Å²) in [5.74, 6) is 4.06. The highest BCUT2D eigenvalue weighted by Crippen LogP contribution is 2.59. The second-order valence-electron chi connectivity index (χ2n) is 13.7. The van der Waals surface area contributed by atoms with Crippen LogP contribution in [-0.4, -0.2) is 24.3 Å². The third kappa shape index (κ3) is 7.93. The summed E-state index contributed by atoms with van der Waals surface area (Å²) in [6.07, 6.45) is 7.12. The lowest BCUT2D eigenvalue weighted by molar-refractivity contribution is -0.327. The average Bonchev–Trinajstić information content (AvgIpc) is 2.95. The standard InChI is InChI=1S/C27H33O3S.C11H16O2/c1-19(2)28-22-7-13-25(14-8-22)31(26-15-9-23(10-16-26)29-20(3)4)27-17-11-24(12-18-27)30-21(5)6;12-10(13)11-4-7-1-8(5-11)3-9(2-7)6-11/h7-21H,1-6H3;7-9H,1-6H2,(H,12,13)/q+1;/p-1. The van der Waals surface area contributed by atoms with Crippen molar-refractivity contribution in [3.63, 3.8) is 0 Å². The monoisotopic (exact) mass is 616 g/mol. The van der Waals surface area contributed by atoms with Gasteiger partial charge in [0.1, 0.15) is 17.2 Å². The van der Waals surface area contributed by atoms with Gasteiger partial charge in [0.05, 0.1) is 29.2 Å². The molecule has 4 saturated carbocycles. The number of hydrogen-bond donors (Lipinski definition) is 0. The summed E-state index contributed by atoms with van der Waals surface area (Å²) in [6.45, 7) is 12.3. The first-order chi connectivity index (χ1) is 21.0. The fraction of sp³-hybridized carbons (Fsp3) is 0.500. The molecule has 0 spiro atoms. The Morgan fingerprint density at radius 1 is 0.591 bits per heavy atom. The first-order valence-corrected chi connectivity index (χ1v) is 17.5. The fourth-order valence-corrected chi connectivity index (χ4v) is 9.59. The predicted octanol–water partition coefficient (Wildman–Crippen LogP) is 8.10. The van der Waals surface area contributed by atoms with Crippen molar-refractivity contribution in [1.82, 2.24) is 0 Å². The maximum absolute atomic E-state index is 11.1. The number of rotatable bonds is 10. The van der Waals surface area contributed by atoms with E-state index in [9.17, 15) is 9.90 Å². The minimum Gasteiger partial charge on any atom is -0.550 e. The van der Waals surface area contributed by atoms with Gasteiger partial charge in [0.15, 0.2) is 14.7 Å². The van der Waals surface area contributed by atoms with Crippen LogP contribution in [0.5, 0.6) is 17.2 Å². The Morgan fingerprint density at radius 3 is 1.09 bits per heavy atom. The molecule has 0 radical (unpaired) electrons. The Hall–Kier alpha value is -3.12. The molecule has 0 amide bonds. The molecule has 0 unspecified atom stereocenters. The molecule has 5 nitrogen and oxygen atoms in total. The number of benzene rings is 3. The van der Waals surface area contributed by atoms with Gasteiger partial charge in [-0.05, 0) is 171 Å². The minimum atomic E-state index is -0.758. The molecule has 0 atom stereocenters. The number of carbonyl (C=O) groups excluding carboxylic acids is 1. The number of carboxylic acids is 1. The Balaban J connectivity index is 0.000000242. The van der Waals surface area contributed by atoms with Crippen molar-refractivity contribution >= 4 is 16.9 Å². The lowest BCUT2D eigenvalue weighted by Gasteiger charge is -2.57. The molecule has 0 saturated heterocycles. The molecule has 6 heteroatoms. The minimum absolute atomic E-state index is 0.158. The molecule has 4 aliphatic carbocycles. The van der Waals surface area contributed by atoms with Gasteiger partial charge in [0.2, 0.25) is 0 Å². The number of carbonyl (C=O) groups is 1. The predicted molar refractivity (Wildman–Crippen MR) is 174 cm³/mol. The first kappa shape index (κ1) is 32.3. The van der Waals surface area contributed by atoms with Crippen LogP contribution in [0.1, 0.15) is 80.1 Å². The van der Waals surface area contributed by atoms with Crippen molar-refractivity contribution in [3.8, 4) is 17.2 Å². The third-order valence-corrected chi connectivity index (χ3v) is 11.0. The molecule has 44 heavy (non-hydrogen) atoms. The van der Waals surface area contributed by atoms with Gasteiger partial charge in [0, 0.05) is 11.4 Å². The van der Waals surface area contributed by atoms with Crippen LogP contribution >= 0.6 is 0 Å². The van der Waals surface area contributed by atoms with E-state index in [-0.39, 0.29) is 29.2 Å². The Morgan fingerprint density at radius 2 is 0.864 bits per heavy atom. The van der Waals surface area contributed by atoms with Crippen LogP contribution in [0.4, 0.5) is 0 Å². The lowest BCUT2D eigenvalue weighted by atomic mass is 9.49. The summed E-state index contributed by atoms with van der Waals surface area (Å²) in [5, 5.41) is 11.1. The van der Waals surface area contributed by atoms with Crippen LogP contribution in [0.2, 0.25) is 0 Å². The molecule has 3 aromatic rings. The van der Waals surface area contributed by atoms with Gasteiger partial charge in [-0.25, -0.2) is 0 Å². The molecule has 0 N–H and O–H groups in total. The van der Waals surface area contributed by atoms with Gasteiger partial charge in [0.25, 0.3) is 0 Å². The van der Waals surface area contributed by atoms with Gasteiger partial charge in [-0.2, -0.15) is 0 Å². The molecule has 4 aliphatic rings. The molecular weight excluding hydrogens is 568 g/mol. The highest BCUT2D eigenvalue weighted by Gasteiger charge is 2.51. The molecule has 4 fully saturated rings. The van der Waals surface area contributed by atoms with E-state index in [0.717, 1.165) is 36.5 Å². The second kappa shape index (κ2) is 13.9. The van der Waals surface area contributed by atoms with Crippen LogP contribution in [0, 0.1) is 23.2 Å². The van der Waals surface area contributed by atoms with E-state index in [2.05, 4.69) is 72.8 Å². The summed E-state index contributed by atoms with van der Waals surface area (Å²) >= 11 is 0. The van der Waals surface area contributed by atoms with Crippen molar-refractivity contribution in [1.29, 1.82) is 0 Å². The van der Waals surface area contributed by atoms with E-state index in [1.807, 2.05) is 41.5 Å². The van der Waals surface area contributed by atoms with Crippen LogP contribution in [0.15, 0.2) is 87.5 Å². The van der Waals surface area contributed by atoms with Crippen LogP contribution in [0.3, 0.4) is 0 Å². The number of carboxylic acid groups (broad SMARTS) is 1. The van der Waals surface area contributed by atoms with E-state index in [0.29, 0.717) is 17.8 Å². The zero-order valence-corrected chi connectivity index (χ0v) is 27.9. The second-order valence-corrected chi connectivity index (χ2v) is 15.7. The van der Waals surface area contributed by atoms with Gasteiger partial charge >= 0.3 is 0 Å². The van der Waals surface area contributed by atoms with Crippen LogP contribution in [0.25, 0.3) is 0 Å². The summed E-state index contributed by atoms with van der Waals surface area (Å²) in [7, 11) is -0.244. The maximum atomic E-state index is 11.1. The molecule has 0 heterocycles. The van der Waals surface area contributed by atoms with E-state index < -0.39 is 11.4 Å². The summed E-state index contributed by atoms with van der Waals surface area (Å²) in [4.78, 5) is 14.9. The zero-order chi connectivity index (χ0) is 31.4. The molecular formula is C38H48O5S. The Kier molecular flexibility index (Phi) is 10.2. The summed E-state index contributed by atoms with van der Waals surface area (Å²) in [5.41, 5.74) is -0.394. The molecule has 0 aliphatic heterocycles. The van der Waals surface area contributed by atoms with Crippen LogP contribution in [-0.2, 0) is 15.7 Å². The Labute approximate surface area is 266 Å². The summed E-state index contributed by atoms with van der Waals surface area (Å²) < 4.78 is 17.5. The molecule has 4 bridgehead atoms. The first-order valence-electron chi connectivity index (χ1n) is 16.3. The molecule has 0 aromatic heterocycles. The molecule has 7 rings (SSSR count). The highest BCUT2D eigenvalue weighted by molar-refractivity contribution is 7.97. The van der Waals surface area contributed by atoms with Crippen molar-refractivity contribution in [3.05, 3.63) is 72.8 Å². The normalized spacial score (nSPS) is 23.5. The topological polar surface area (TPSA) is 67.8 Å².